The molecule has 0 bridgehead atoms. The van der Waals surface area contributed by atoms with Gasteiger partial charge in [0.2, 0.25) is 5.91 Å². The Labute approximate surface area is 108 Å². The van der Waals surface area contributed by atoms with Gasteiger partial charge in [-0.3, -0.25) is 4.79 Å². The van der Waals surface area contributed by atoms with Gasteiger partial charge in [-0.05, 0) is 19.1 Å². The summed E-state index contributed by atoms with van der Waals surface area (Å²) in [6.45, 7) is 1.43. The predicted molar refractivity (Wildman–Crippen MR) is 63.4 cm³/mol. The monoisotopic (exact) mass is 273 g/mol. The molecule has 1 aliphatic heterocycles. The van der Waals surface area contributed by atoms with E-state index in [1.54, 1.807) is 25.1 Å². The highest BCUT2D eigenvalue weighted by Crippen LogP contribution is 2.38. The molecule has 0 spiro atoms. The summed E-state index contributed by atoms with van der Waals surface area (Å²) in [5, 5.41) is 0. The molecule has 1 saturated heterocycles. The minimum Gasteiger partial charge on any atom is -0.369 e. The average Bonchev–Trinajstić information content (AvgIpc) is 2.73. The van der Waals surface area contributed by atoms with Crippen LogP contribution < -0.4 is 10.6 Å². The van der Waals surface area contributed by atoms with Crippen molar-refractivity contribution in [3.63, 3.8) is 0 Å². The van der Waals surface area contributed by atoms with Crippen LogP contribution in [0.1, 0.15) is 5.69 Å². The molecule has 2 heterocycles. The van der Waals surface area contributed by atoms with E-state index in [4.69, 9.17) is 5.73 Å². The topological polar surface area (TPSA) is 59.2 Å². The highest BCUT2D eigenvalue weighted by atomic mass is 19.4. The zero-order valence-electron chi connectivity index (χ0n) is 10.3. The van der Waals surface area contributed by atoms with Gasteiger partial charge in [0.05, 0.1) is 11.8 Å². The first-order chi connectivity index (χ1) is 8.79. The molecule has 2 atom stereocenters. The van der Waals surface area contributed by atoms with E-state index < -0.39 is 23.9 Å². The van der Waals surface area contributed by atoms with Gasteiger partial charge in [0.1, 0.15) is 5.82 Å². The summed E-state index contributed by atoms with van der Waals surface area (Å²) in [5.41, 5.74) is 5.78. The molecule has 0 radical (unpaired) electrons. The van der Waals surface area contributed by atoms with Gasteiger partial charge in [0, 0.05) is 18.8 Å². The lowest BCUT2D eigenvalue weighted by atomic mass is 9.95. The van der Waals surface area contributed by atoms with Crippen molar-refractivity contribution in [2.45, 2.75) is 13.1 Å². The SMILES string of the molecule is Cc1cccc(N2C[C@@H](C(F)(F)F)[C@H](C(N)=O)C2)n1. The number of anilines is 1. The molecule has 2 rings (SSSR count). The molecule has 7 heteroatoms. The van der Waals surface area contributed by atoms with Crippen molar-refractivity contribution in [2.24, 2.45) is 17.6 Å². The Balaban J connectivity index is 2.25. The van der Waals surface area contributed by atoms with Crippen molar-refractivity contribution in [3.8, 4) is 0 Å². The van der Waals surface area contributed by atoms with Crippen LogP contribution in [0, 0.1) is 18.8 Å². The Morgan fingerprint density at radius 3 is 2.58 bits per heavy atom. The number of halogens is 3. The number of carbonyl (C=O) groups excluding carboxylic acids is 1. The minimum atomic E-state index is -4.43. The summed E-state index contributed by atoms with van der Waals surface area (Å²) < 4.78 is 38.7. The lowest BCUT2D eigenvalue weighted by Crippen LogP contribution is -2.37. The second kappa shape index (κ2) is 4.71. The third kappa shape index (κ3) is 2.80. The number of amides is 1. The van der Waals surface area contributed by atoms with Crippen LogP contribution in [0.2, 0.25) is 0 Å². The quantitative estimate of drug-likeness (QED) is 0.888. The normalized spacial score (nSPS) is 23.7. The first-order valence-electron chi connectivity index (χ1n) is 5.83. The molecule has 104 valence electrons. The number of alkyl halides is 3. The molecular formula is C12H14F3N3O. The van der Waals surface area contributed by atoms with Gasteiger partial charge in [0.25, 0.3) is 0 Å². The Morgan fingerprint density at radius 1 is 1.42 bits per heavy atom. The average molecular weight is 273 g/mol. The molecule has 0 aliphatic carbocycles. The molecule has 1 aromatic rings. The fourth-order valence-electron chi connectivity index (χ4n) is 2.32. The predicted octanol–water partition coefficient (Wildman–Crippen LogP) is 1.49. The van der Waals surface area contributed by atoms with E-state index in [0.717, 1.165) is 0 Å². The maximum absolute atomic E-state index is 12.9. The Bertz CT molecular complexity index is 489. The number of rotatable bonds is 2. The van der Waals surface area contributed by atoms with Crippen molar-refractivity contribution in [1.29, 1.82) is 0 Å². The van der Waals surface area contributed by atoms with E-state index in [0.29, 0.717) is 11.5 Å². The maximum atomic E-state index is 12.9. The molecular weight excluding hydrogens is 259 g/mol. The first kappa shape index (κ1) is 13.6. The van der Waals surface area contributed by atoms with Crippen LogP contribution in [-0.2, 0) is 4.79 Å². The molecule has 1 amide bonds. The summed E-state index contributed by atoms with van der Waals surface area (Å²) in [6, 6.07) is 5.11. The molecule has 0 unspecified atom stereocenters. The number of pyridine rings is 1. The van der Waals surface area contributed by atoms with Gasteiger partial charge in [-0.2, -0.15) is 13.2 Å². The van der Waals surface area contributed by atoms with Crippen LogP contribution in [-0.4, -0.2) is 30.2 Å². The third-order valence-electron chi connectivity index (χ3n) is 3.30. The largest absolute Gasteiger partial charge is 0.394 e. The number of nitrogens with zero attached hydrogens (tertiary/aromatic N) is 2. The number of nitrogens with two attached hydrogens (primary N) is 1. The van der Waals surface area contributed by atoms with E-state index in [2.05, 4.69) is 4.98 Å². The van der Waals surface area contributed by atoms with Crippen LogP contribution in [0.15, 0.2) is 18.2 Å². The highest BCUT2D eigenvalue weighted by Gasteiger charge is 2.52. The number of aromatic nitrogens is 1. The number of aryl methyl sites for hydroxylation is 1. The van der Waals surface area contributed by atoms with Crippen LogP contribution in [0.5, 0.6) is 0 Å². The van der Waals surface area contributed by atoms with Crippen LogP contribution in [0.4, 0.5) is 19.0 Å². The number of primary amides is 1. The lowest BCUT2D eigenvalue weighted by Gasteiger charge is -2.19. The van der Waals surface area contributed by atoms with Crippen molar-refractivity contribution < 1.29 is 18.0 Å². The Hall–Kier alpha value is -1.79. The standard InChI is InChI=1S/C12H14F3N3O/c1-7-3-2-4-10(17-7)18-5-8(11(16)19)9(6-18)12(13,14)15/h2-4,8-9H,5-6H2,1H3,(H2,16,19)/t8-,9-/m1/s1. The van der Waals surface area contributed by atoms with Gasteiger partial charge in [-0.1, -0.05) is 6.07 Å². The zero-order valence-corrected chi connectivity index (χ0v) is 10.3. The summed E-state index contributed by atoms with van der Waals surface area (Å²) in [4.78, 5) is 16.8. The van der Waals surface area contributed by atoms with Gasteiger partial charge in [-0.25, -0.2) is 4.98 Å². The Morgan fingerprint density at radius 2 is 2.11 bits per heavy atom. The molecule has 1 aliphatic rings. The van der Waals surface area contributed by atoms with E-state index in [-0.39, 0.29) is 13.1 Å². The second-order valence-electron chi connectivity index (χ2n) is 4.70. The summed E-state index contributed by atoms with van der Waals surface area (Å²) in [6.07, 6.45) is -4.43. The minimum absolute atomic E-state index is 0.0457. The van der Waals surface area contributed by atoms with Crippen molar-refractivity contribution >= 4 is 11.7 Å². The number of carbonyl (C=O) groups is 1. The van der Waals surface area contributed by atoms with Crippen LogP contribution in [0.25, 0.3) is 0 Å². The van der Waals surface area contributed by atoms with Crippen molar-refractivity contribution in [2.75, 3.05) is 18.0 Å². The van der Waals surface area contributed by atoms with E-state index in [1.165, 1.54) is 4.90 Å². The highest BCUT2D eigenvalue weighted by molar-refractivity contribution is 5.78. The fourth-order valence-corrected chi connectivity index (χ4v) is 2.32. The molecule has 19 heavy (non-hydrogen) atoms. The molecule has 1 fully saturated rings. The lowest BCUT2D eigenvalue weighted by molar-refractivity contribution is -0.181. The van der Waals surface area contributed by atoms with Gasteiger partial charge in [-0.15, -0.1) is 0 Å². The van der Waals surface area contributed by atoms with Crippen LogP contribution >= 0.6 is 0 Å². The molecule has 0 saturated carbocycles. The van der Waals surface area contributed by atoms with Crippen molar-refractivity contribution in [1.82, 2.24) is 4.98 Å². The van der Waals surface area contributed by atoms with Crippen LogP contribution in [0.3, 0.4) is 0 Å². The molecule has 1 aromatic heterocycles. The third-order valence-corrected chi connectivity index (χ3v) is 3.30. The number of hydrogen-bond acceptors (Lipinski definition) is 3. The molecule has 2 N–H and O–H groups in total. The fraction of sp³-hybridized carbons (Fsp3) is 0.500. The van der Waals surface area contributed by atoms with Gasteiger partial charge >= 0.3 is 6.18 Å². The second-order valence-corrected chi connectivity index (χ2v) is 4.70. The van der Waals surface area contributed by atoms with Gasteiger partial charge in [0.15, 0.2) is 0 Å². The molecule has 4 nitrogen and oxygen atoms in total. The maximum Gasteiger partial charge on any atom is 0.394 e. The first-order valence-corrected chi connectivity index (χ1v) is 5.83. The summed E-state index contributed by atoms with van der Waals surface area (Å²) in [5.74, 6) is -3.43. The van der Waals surface area contributed by atoms with Gasteiger partial charge < -0.3 is 10.6 Å². The summed E-state index contributed by atoms with van der Waals surface area (Å²) in [7, 11) is 0. The van der Waals surface area contributed by atoms with E-state index in [9.17, 15) is 18.0 Å². The Kier molecular flexibility index (Phi) is 3.38. The summed E-state index contributed by atoms with van der Waals surface area (Å²) >= 11 is 0. The zero-order chi connectivity index (χ0) is 14.2. The van der Waals surface area contributed by atoms with E-state index >= 15 is 0 Å². The number of hydrogen-bond donors (Lipinski definition) is 1. The van der Waals surface area contributed by atoms with Crippen molar-refractivity contribution in [3.05, 3.63) is 23.9 Å². The molecule has 0 aromatic carbocycles. The smallest absolute Gasteiger partial charge is 0.369 e. The van der Waals surface area contributed by atoms with E-state index in [1.807, 2.05) is 0 Å².